The molecule has 7 nitrogen and oxygen atoms in total. The number of anilines is 1. The van der Waals surface area contributed by atoms with E-state index in [1.165, 1.54) is 0 Å². The molecule has 7 heteroatoms. The van der Waals surface area contributed by atoms with E-state index in [9.17, 15) is 14.7 Å². The van der Waals surface area contributed by atoms with Gasteiger partial charge in [0.05, 0.1) is 6.54 Å². The van der Waals surface area contributed by atoms with Crippen molar-refractivity contribution in [2.45, 2.75) is 32.7 Å². The van der Waals surface area contributed by atoms with Crippen LogP contribution in [0.15, 0.2) is 10.6 Å². The molecule has 2 unspecified atom stereocenters. The summed E-state index contributed by atoms with van der Waals surface area (Å²) >= 11 is 0. The zero-order valence-corrected chi connectivity index (χ0v) is 11.6. The van der Waals surface area contributed by atoms with Gasteiger partial charge in [0.25, 0.3) is 0 Å². The molecule has 1 aromatic rings. The van der Waals surface area contributed by atoms with Crippen molar-refractivity contribution >= 4 is 17.7 Å². The van der Waals surface area contributed by atoms with E-state index >= 15 is 0 Å². The van der Waals surface area contributed by atoms with E-state index in [-0.39, 0.29) is 12.5 Å². The number of rotatable bonds is 4. The molecule has 20 heavy (non-hydrogen) atoms. The summed E-state index contributed by atoms with van der Waals surface area (Å²) in [5, 5.41) is 15.5. The smallest absolute Gasteiger partial charge is 0.320 e. The first kappa shape index (κ1) is 14.5. The number of aryl methyl sites for hydroxylation is 1. The van der Waals surface area contributed by atoms with Gasteiger partial charge in [0, 0.05) is 6.07 Å². The molecule has 110 valence electrons. The SMILES string of the molecule is Cc1cc(NC(=O)CN2CCC(C)CC2C(=O)O)no1. The van der Waals surface area contributed by atoms with Crippen molar-refractivity contribution in [3.8, 4) is 0 Å². The molecule has 0 bridgehead atoms. The first-order valence-electron chi connectivity index (χ1n) is 6.65. The predicted octanol–water partition coefficient (Wildman–Crippen LogP) is 1.11. The standard InChI is InChI=1S/C13H19N3O4/c1-8-3-4-16(10(5-8)13(18)19)7-12(17)14-11-6-9(2)20-15-11/h6,8,10H,3-5,7H2,1-2H3,(H,18,19)(H,14,15,17). The summed E-state index contributed by atoms with van der Waals surface area (Å²) < 4.78 is 4.86. The van der Waals surface area contributed by atoms with Crippen LogP contribution in [0.4, 0.5) is 5.82 Å². The van der Waals surface area contributed by atoms with Crippen LogP contribution >= 0.6 is 0 Å². The third-order valence-corrected chi connectivity index (χ3v) is 3.50. The number of hydrogen-bond acceptors (Lipinski definition) is 5. The largest absolute Gasteiger partial charge is 0.480 e. The maximum absolute atomic E-state index is 11.9. The van der Waals surface area contributed by atoms with Gasteiger partial charge in [-0.1, -0.05) is 12.1 Å². The van der Waals surface area contributed by atoms with Gasteiger partial charge in [0.1, 0.15) is 11.8 Å². The van der Waals surface area contributed by atoms with Gasteiger partial charge < -0.3 is 14.9 Å². The zero-order valence-electron chi connectivity index (χ0n) is 11.6. The number of nitrogens with zero attached hydrogens (tertiary/aromatic N) is 2. The van der Waals surface area contributed by atoms with Crippen molar-refractivity contribution in [3.63, 3.8) is 0 Å². The Morgan fingerprint density at radius 1 is 1.60 bits per heavy atom. The fourth-order valence-corrected chi connectivity index (χ4v) is 2.43. The number of aliphatic carboxylic acids is 1. The van der Waals surface area contributed by atoms with E-state index in [4.69, 9.17) is 4.52 Å². The van der Waals surface area contributed by atoms with Gasteiger partial charge in [-0.05, 0) is 32.2 Å². The second-order valence-electron chi connectivity index (χ2n) is 5.33. The lowest BCUT2D eigenvalue weighted by Crippen LogP contribution is -2.49. The lowest BCUT2D eigenvalue weighted by molar-refractivity contribution is -0.145. The molecule has 1 aliphatic heterocycles. The number of carbonyl (C=O) groups excluding carboxylic acids is 1. The van der Waals surface area contributed by atoms with Crippen LogP contribution < -0.4 is 5.32 Å². The van der Waals surface area contributed by atoms with Crippen LogP contribution in [0.2, 0.25) is 0 Å². The predicted molar refractivity (Wildman–Crippen MR) is 71.3 cm³/mol. The number of amides is 1. The highest BCUT2D eigenvalue weighted by Crippen LogP contribution is 2.22. The van der Waals surface area contributed by atoms with Crippen molar-refractivity contribution in [2.75, 3.05) is 18.4 Å². The number of aromatic nitrogens is 1. The minimum absolute atomic E-state index is 0.0512. The van der Waals surface area contributed by atoms with Gasteiger partial charge in [0.2, 0.25) is 5.91 Å². The fraction of sp³-hybridized carbons (Fsp3) is 0.615. The molecule has 0 radical (unpaired) electrons. The van der Waals surface area contributed by atoms with Crippen LogP contribution in [0.3, 0.4) is 0 Å². The molecule has 0 spiro atoms. The topological polar surface area (TPSA) is 95.7 Å². The first-order chi connectivity index (χ1) is 9.45. The number of piperidine rings is 1. The molecule has 0 aliphatic carbocycles. The van der Waals surface area contributed by atoms with Gasteiger partial charge in [-0.15, -0.1) is 0 Å². The molecular formula is C13H19N3O4. The molecule has 2 rings (SSSR count). The third-order valence-electron chi connectivity index (χ3n) is 3.50. The molecule has 1 aromatic heterocycles. The van der Waals surface area contributed by atoms with Crippen LogP contribution in [0.25, 0.3) is 0 Å². The highest BCUT2D eigenvalue weighted by molar-refractivity contribution is 5.91. The Bertz CT molecular complexity index is 500. The molecule has 1 fully saturated rings. The minimum Gasteiger partial charge on any atom is -0.480 e. The van der Waals surface area contributed by atoms with E-state index in [2.05, 4.69) is 10.5 Å². The maximum Gasteiger partial charge on any atom is 0.320 e. The summed E-state index contributed by atoms with van der Waals surface area (Å²) in [6, 6.07) is 1.02. The summed E-state index contributed by atoms with van der Waals surface area (Å²) in [7, 11) is 0. The van der Waals surface area contributed by atoms with E-state index in [1.807, 2.05) is 6.92 Å². The quantitative estimate of drug-likeness (QED) is 0.858. The molecule has 1 amide bonds. The second-order valence-corrected chi connectivity index (χ2v) is 5.33. The fourth-order valence-electron chi connectivity index (χ4n) is 2.43. The summed E-state index contributed by atoms with van der Waals surface area (Å²) in [4.78, 5) is 24.9. The Morgan fingerprint density at radius 3 is 2.95 bits per heavy atom. The number of nitrogens with one attached hydrogen (secondary N) is 1. The van der Waals surface area contributed by atoms with Crippen LogP contribution in [0.1, 0.15) is 25.5 Å². The van der Waals surface area contributed by atoms with Crippen molar-refractivity contribution in [1.82, 2.24) is 10.1 Å². The number of carboxylic acids is 1. The lowest BCUT2D eigenvalue weighted by Gasteiger charge is -2.35. The molecular weight excluding hydrogens is 262 g/mol. The molecule has 2 N–H and O–H groups in total. The van der Waals surface area contributed by atoms with Gasteiger partial charge >= 0.3 is 5.97 Å². The average Bonchev–Trinajstić information content (AvgIpc) is 2.76. The molecule has 0 aromatic carbocycles. The number of hydrogen-bond donors (Lipinski definition) is 2. The average molecular weight is 281 g/mol. The van der Waals surface area contributed by atoms with Crippen LogP contribution in [-0.2, 0) is 9.59 Å². The summed E-state index contributed by atoms with van der Waals surface area (Å²) in [5.74, 6) is 0.176. The van der Waals surface area contributed by atoms with E-state index < -0.39 is 12.0 Å². The van der Waals surface area contributed by atoms with Crippen LogP contribution in [0, 0.1) is 12.8 Å². The molecule has 2 atom stereocenters. The highest BCUT2D eigenvalue weighted by atomic mass is 16.5. The maximum atomic E-state index is 11.9. The van der Waals surface area contributed by atoms with Gasteiger partial charge in [-0.25, -0.2) is 0 Å². The first-order valence-corrected chi connectivity index (χ1v) is 6.65. The van der Waals surface area contributed by atoms with E-state index in [0.717, 1.165) is 6.42 Å². The zero-order chi connectivity index (χ0) is 14.7. The Kier molecular flexibility index (Phi) is 4.39. The van der Waals surface area contributed by atoms with Crippen molar-refractivity contribution in [3.05, 3.63) is 11.8 Å². The van der Waals surface area contributed by atoms with Crippen molar-refractivity contribution in [1.29, 1.82) is 0 Å². The number of likely N-dealkylation sites (tertiary alicyclic amines) is 1. The molecule has 0 saturated carbocycles. The minimum atomic E-state index is -0.873. The van der Waals surface area contributed by atoms with Gasteiger partial charge in [0.15, 0.2) is 5.82 Å². The Hall–Kier alpha value is -1.89. The molecule has 2 heterocycles. The van der Waals surface area contributed by atoms with Crippen molar-refractivity contribution < 1.29 is 19.2 Å². The van der Waals surface area contributed by atoms with Gasteiger partial charge in [-0.3, -0.25) is 14.5 Å². The van der Waals surface area contributed by atoms with Crippen molar-refractivity contribution in [2.24, 2.45) is 5.92 Å². The van der Waals surface area contributed by atoms with Crippen LogP contribution in [-0.4, -0.2) is 46.2 Å². The molecule has 1 saturated heterocycles. The molecule has 1 aliphatic rings. The van der Waals surface area contributed by atoms with E-state index in [1.54, 1.807) is 17.9 Å². The van der Waals surface area contributed by atoms with E-state index in [0.29, 0.717) is 30.5 Å². The second kappa shape index (κ2) is 6.04. The lowest BCUT2D eigenvalue weighted by atomic mass is 9.92. The third kappa shape index (κ3) is 3.57. The van der Waals surface area contributed by atoms with Gasteiger partial charge in [-0.2, -0.15) is 0 Å². The summed E-state index contributed by atoms with van der Waals surface area (Å²) in [6.07, 6.45) is 1.48. The normalized spacial score (nSPS) is 23.5. The Morgan fingerprint density at radius 2 is 2.35 bits per heavy atom. The van der Waals surface area contributed by atoms with Crippen LogP contribution in [0.5, 0.6) is 0 Å². The summed E-state index contributed by atoms with van der Waals surface area (Å²) in [5.41, 5.74) is 0. The highest BCUT2D eigenvalue weighted by Gasteiger charge is 2.32. The number of carboxylic acid groups (broad SMARTS) is 1. The monoisotopic (exact) mass is 281 g/mol. The Labute approximate surface area is 116 Å². The summed E-state index contributed by atoms with van der Waals surface area (Å²) in [6.45, 7) is 4.43. The Balaban J connectivity index is 1.93. The number of carbonyl (C=O) groups is 2.